The van der Waals surface area contributed by atoms with Gasteiger partial charge < -0.3 is 10.5 Å². The van der Waals surface area contributed by atoms with Crippen molar-refractivity contribution >= 4 is 0 Å². The van der Waals surface area contributed by atoms with E-state index in [4.69, 9.17) is 10.5 Å². The van der Waals surface area contributed by atoms with Gasteiger partial charge in [-0.25, -0.2) is 0 Å². The molecule has 0 radical (unpaired) electrons. The summed E-state index contributed by atoms with van der Waals surface area (Å²) in [5.41, 5.74) is 7.18. The molecule has 0 amide bonds. The van der Waals surface area contributed by atoms with Crippen molar-refractivity contribution in [3.05, 3.63) is 24.0 Å². The maximum atomic E-state index is 6.47. The van der Waals surface area contributed by atoms with Crippen LogP contribution < -0.4 is 10.5 Å². The summed E-state index contributed by atoms with van der Waals surface area (Å²) < 4.78 is 5.66. The van der Waals surface area contributed by atoms with Gasteiger partial charge in [0.1, 0.15) is 5.75 Å². The van der Waals surface area contributed by atoms with Crippen LogP contribution in [0.3, 0.4) is 0 Å². The van der Waals surface area contributed by atoms with Gasteiger partial charge in [-0.15, -0.1) is 0 Å². The van der Waals surface area contributed by atoms with Gasteiger partial charge in [-0.3, -0.25) is 4.98 Å². The summed E-state index contributed by atoms with van der Waals surface area (Å²) in [5, 5.41) is 0. The Balaban J connectivity index is 3.05. The van der Waals surface area contributed by atoms with Crippen molar-refractivity contribution in [3.63, 3.8) is 0 Å². The van der Waals surface area contributed by atoms with Gasteiger partial charge in [0.25, 0.3) is 0 Å². The number of nitrogens with two attached hydrogens (primary N) is 1. The molecule has 96 valence electrons. The van der Waals surface area contributed by atoms with E-state index in [1.165, 1.54) is 0 Å². The first kappa shape index (κ1) is 14.0. The smallest absolute Gasteiger partial charge is 0.138 e. The van der Waals surface area contributed by atoms with Gasteiger partial charge in [-0.2, -0.15) is 0 Å². The zero-order valence-electron chi connectivity index (χ0n) is 11.5. The Morgan fingerprint density at radius 2 is 1.94 bits per heavy atom. The third kappa shape index (κ3) is 3.19. The normalized spacial score (nSPS) is 15.1. The van der Waals surface area contributed by atoms with Crippen LogP contribution >= 0.6 is 0 Å². The lowest BCUT2D eigenvalue weighted by atomic mass is 9.79. The van der Waals surface area contributed by atoms with Crippen LogP contribution in [0.15, 0.2) is 18.5 Å². The van der Waals surface area contributed by atoms with E-state index in [1.54, 1.807) is 6.20 Å². The van der Waals surface area contributed by atoms with E-state index in [0.29, 0.717) is 5.92 Å². The van der Waals surface area contributed by atoms with Crippen LogP contribution in [0.4, 0.5) is 0 Å². The standard InChI is InChI=1S/C14H24N2O/c1-6-14(15,10(2)3)12-7-13(9-16-8-12)17-11(4)5/h7-11H,6,15H2,1-5H3. The van der Waals surface area contributed by atoms with Gasteiger partial charge in [0, 0.05) is 11.7 Å². The lowest BCUT2D eigenvalue weighted by molar-refractivity contribution is 0.239. The van der Waals surface area contributed by atoms with Crippen molar-refractivity contribution in [2.75, 3.05) is 0 Å². The third-order valence-electron chi connectivity index (χ3n) is 3.24. The number of aromatic nitrogens is 1. The van der Waals surface area contributed by atoms with E-state index < -0.39 is 0 Å². The molecule has 17 heavy (non-hydrogen) atoms. The van der Waals surface area contributed by atoms with Crippen molar-refractivity contribution in [2.24, 2.45) is 11.7 Å². The Bertz CT molecular complexity index is 363. The SMILES string of the molecule is CCC(N)(c1cncc(OC(C)C)c1)C(C)C. The van der Waals surface area contributed by atoms with Crippen LogP contribution in [-0.2, 0) is 5.54 Å². The van der Waals surface area contributed by atoms with Crippen LogP contribution in [0.25, 0.3) is 0 Å². The summed E-state index contributed by atoms with van der Waals surface area (Å²) in [6, 6.07) is 2.01. The molecular weight excluding hydrogens is 212 g/mol. The van der Waals surface area contributed by atoms with Gasteiger partial charge in [0.15, 0.2) is 0 Å². The van der Waals surface area contributed by atoms with Gasteiger partial charge in [0.05, 0.1) is 12.3 Å². The molecule has 0 aromatic carbocycles. The third-order valence-corrected chi connectivity index (χ3v) is 3.24. The molecule has 1 rings (SSSR count). The molecule has 1 aromatic heterocycles. The molecule has 0 aliphatic heterocycles. The molecule has 1 unspecified atom stereocenters. The Morgan fingerprint density at radius 3 is 2.41 bits per heavy atom. The maximum absolute atomic E-state index is 6.47. The largest absolute Gasteiger partial charge is 0.489 e. The number of nitrogens with zero attached hydrogens (tertiary/aromatic N) is 1. The highest BCUT2D eigenvalue weighted by Crippen LogP contribution is 2.31. The molecule has 0 bridgehead atoms. The second kappa shape index (κ2) is 5.50. The van der Waals surface area contributed by atoms with Crippen molar-refractivity contribution in [1.82, 2.24) is 4.98 Å². The molecule has 0 saturated carbocycles. The minimum atomic E-state index is -0.330. The summed E-state index contributed by atoms with van der Waals surface area (Å²) in [6.45, 7) is 10.4. The molecular formula is C14H24N2O. The zero-order chi connectivity index (χ0) is 13.1. The molecule has 0 fully saturated rings. The summed E-state index contributed by atoms with van der Waals surface area (Å²) in [4.78, 5) is 4.23. The number of pyridine rings is 1. The molecule has 3 heteroatoms. The zero-order valence-corrected chi connectivity index (χ0v) is 11.5. The van der Waals surface area contributed by atoms with Crippen molar-refractivity contribution in [3.8, 4) is 5.75 Å². The lowest BCUT2D eigenvalue weighted by Crippen LogP contribution is -2.41. The quantitative estimate of drug-likeness (QED) is 0.854. The van der Waals surface area contributed by atoms with E-state index in [1.807, 2.05) is 26.1 Å². The highest BCUT2D eigenvalue weighted by atomic mass is 16.5. The summed E-state index contributed by atoms with van der Waals surface area (Å²) in [6.07, 6.45) is 4.62. The highest BCUT2D eigenvalue weighted by Gasteiger charge is 2.29. The first-order valence-corrected chi connectivity index (χ1v) is 6.31. The fraction of sp³-hybridized carbons (Fsp3) is 0.643. The van der Waals surface area contributed by atoms with Crippen molar-refractivity contribution < 1.29 is 4.74 Å². The predicted molar refractivity (Wildman–Crippen MR) is 71.0 cm³/mol. The minimum Gasteiger partial charge on any atom is -0.489 e. The topological polar surface area (TPSA) is 48.1 Å². The van der Waals surface area contributed by atoms with Gasteiger partial charge in [-0.05, 0) is 37.8 Å². The maximum Gasteiger partial charge on any atom is 0.138 e. The Hall–Kier alpha value is -1.09. The Labute approximate surface area is 104 Å². The van der Waals surface area contributed by atoms with E-state index in [2.05, 4.69) is 25.8 Å². The molecule has 1 aromatic rings. The van der Waals surface area contributed by atoms with Crippen LogP contribution in [0.5, 0.6) is 5.75 Å². The summed E-state index contributed by atoms with van der Waals surface area (Å²) in [7, 11) is 0. The van der Waals surface area contributed by atoms with Crippen LogP contribution in [-0.4, -0.2) is 11.1 Å². The first-order chi connectivity index (χ1) is 7.90. The molecule has 0 saturated heterocycles. The Morgan fingerprint density at radius 1 is 1.29 bits per heavy atom. The molecule has 0 aliphatic carbocycles. The lowest BCUT2D eigenvalue weighted by Gasteiger charge is -2.33. The second-order valence-electron chi connectivity index (χ2n) is 5.12. The fourth-order valence-corrected chi connectivity index (χ4v) is 1.96. The summed E-state index contributed by atoms with van der Waals surface area (Å²) in [5.74, 6) is 1.16. The summed E-state index contributed by atoms with van der Waals surface area (Å²) >= 11 is 0. The predicted octanol–water partition coefficient (Wildman–Crippen LogP) is 3.09. The van der Waals surface area contributed by atoms with E-state index in [9.17, 15) is 0 Å². The van der Waals surface area contributed by atoms with Crippen LogP contribution in [0.2, 0.25) is 0 Å². The van der Waals surface area contributed by atoms with Crippen LogP contribution in [0.1, 0.15) is 46.6 Å². The number of hydrogen-bond acceptors (Lipinski definition) is 3. The van der Waals surface area contributed by atoms with E-state index >= 15 is 0 Å². The molecule has 1 atom stereocenters. The van der Waals surface area contributed by atoms with Crippen LogP contribution in [0, 0.1) is 5.92 Å². The van der Waals surface area contributed by atoms with E-state index in [-0.39, 0.29) is 11.6 Å². The van der Waals surface area contributed by atoms with Gasteiger partial charge in [0.2, 0.25) is 0 Å². The molecule has 0 aliphatic rings. The minimum absolute atomic E-state index is 0.153. The van der Waals surface area contributed by atoms with Crippen molar-refractivity contribution in [2.45, 2.75) is 52.7 Å². The number of hydrogen-bond donors (Lipinski definition) is 1. The van der Waals surface area contributed by atoms with Gasteiger partial charge in [-0.1, -0.05) is 20.8 Å². The van der Waals surface area contributed by atoms with Crippen molar-refractivity contribution in [1.29, 1.82) is 0 Å². The first-order valence-electron chi connectivity index (χ1n) is 6.31. The monoisotopic (exact) mass is 236 g/mol. The molecule has 3 nitrogen and oxygen atoms in total. The number of ether oxygens (including phenoxy) is 1. The number of rotatable bonds is 5. The second-order valence-corrected chi connectivity index (χ2v) is 5.12. The van der Waals surface area contributed by atoms with Gasteiger partial charge >= 0.3 is 0 Å². The van der Waals surface area contributed by atoms with E-state index in [0.717, 1.165) is 17.7 Å². The molecule has 1 heterocycles. The Kier molecular flexibility index (Phi) is 4.52. The fourth-order valence-electron chi connectivity index (χ4n) is 1.96. The molecule has 0 spiro atoms. The highest BCUT2D eigenvalue weighted by molar-refractivity contribution is 5.29. The average Bonchev–Trinajstić information content (AvgIpc) is 2.27. The average molecular weight is 236 g/mol. The molecule has 2 N–H and O–H groups in total.